The molecule has 0 saturated heterocycles. The van der Waals surface area contributed by atoms with Crippen molar-refractivity contribution in [3.05, 3.63) is 32.4 Å². The molecule has 7 heteroatoms. The molecule has 0 heterocycles. The van der Waals surface area contributed by atoms with Crippen LogP contribution in [0.25, 0.3) is 0 Å². The molecule has 0 atom stereocenters. The van der Waals surface area contributed by atoms with Gasteiger partial charge in [-0.3, -0.25) is 0 Å². The van der Waals surface area contributed by atoms with Crippen LogP contribution in [0.15, 0.2) is 12.1 Å². The smallest absolute Gasteiger partial charge is 0.449 e. The molecule has 1 aromatic rings. The summed E-state index contributed by atoms with van der Waals surface area (Å²) >= 11 is 2.03. The van der Waals surface area contributed by atoms with Crippen LogP contribution >= 0.6 is 22.6 Å². The molecule has 1 aromatic carbocycles. The summed E-state index contributed by atoms with van der Waals surface area (Å²) in [6.45, 7) is -2.80. The predicted molar refractivity (Wildman–Crippen MR) is 64.6 cm³/mol. The Labute approximate surface area is 149 Å². The summed E-state index contributed by atoms with van der Waals surface area (Å²) in [7, 11) is 0. The average Bonchev–Trinajstić information content (AvgIpc) is 2.10. The fourth-order valence-electron chi connectivity index (χ4n) is 1.38. The molecule has 2 N–H and O–H groups in total. The Balaban J connectivity index is 0.00000225. The van der Waals surface area contributed by atoms with Crippen LogP contribution in [0.4, 0.5) is 12.9 Å². The van der Waals surface area contributed by atoms with Gasteiger partial charge in [0.25, 0.3) is 0 Å². The van der Waals surface area contributed by atoms with Crippen molar-refractivity contribution in [3.63, 3.8) is 0 Å². The number of hydrogen-bond donors (Lipinski definition) is 1. The van der Waals surface area contributed by atoms with E-state index >= 15 is 0 Å². The van der Waals surface area contributed by atoms with E-state index in [0.717, 1.165) is 9.13 Å². The molecule has 84 valence electrons. The van der Waals surface area contributed by atoms with E-state index in [0.29, 0.717) is 11.1 Å². The monoisotopic (exact) mass is 367 g/mol. The van der Waals surface area contributed by atoms with Crippen LogP contribution in [-0.2, 0) is 12.9 Å². The Bertz CT molecular complexity index is 371. The Kier molecular flexibility index (Phi) is 7.73. The van der Waals surface area contributed by atoms with Gasteiger partial charge in [0.05, 0.1) is 0 Å². The maximum atomic E-state index is 12.3. The molecular formula is C9H11BF3IKN. The Morgan fingerprint density at radius 2 is 1.88 bits per heavy atom. The van der Waals surface area contributed by atoms with Crippen molar-refractivity contribution in [1.82, 2.24) is 0 Å². The molecule has 0 aromatic heterocycles. The molecule has 1 rings (SSSR count). The number of rotatable bonds is 3. The zero-order chi connectivity index (χ0) is 11.6. The van der Waals surface area contributed by atoms with Gasteiger partial charge < -0.3 is 18.7 Å². The van der Waals surface area contributed by atoms with Crippen molar-refractivity contribution in [1.29, 1.82) is 0 Å². The summed E-state index contributed by atoms with van der Waals surface area (Å²) < 4.78 is 37.8. The van der Waals surface area contributed by atoms with Gasteiger partial charge in [0.15, 0.2) is 0 Å². The third kappa shape index (κ3) is 5.36. The topological polar surface area (TPSA) is 26.0 Å². The van der Waals surface area contributed by atoms with Gasteiger partial charge in [-0.25, -0.2) is 0 Å². The fraction of sp³-hybridized carbons (Fsp3) is 0.333. The first kappa shape index (κ1) is 17.4. The van der Waals surface area contributed by atoms with Crippen molar-refractivity contribution in [2.75, 3.05) is 0 Å². The molecular weight excluding hydrogens is 356 g/mol. The van der Waals surface area contributed by atoms with Gasteiger partial charge in [-0.1, -0.05) is 17.9 Å². The van der Waals surface area contributed by atoms with E-state index in [-0.39, 0.29) is 57.9 Å². The average molecular weight is 367 g/mol. The first-order chi connectivity index (χ1) is 6.83. The molecule has 0 saturated carbocycles. The van der Waals surface area contributed by atoms with Gasteiger partial charge in [0, 0.05) is 10.1 Å². The van der Waals surface area contributed by atoms with Crippen LogP contribution in [0.3, 0.4) is 0 Å². The van der Waals surface area contributed by atoms with Crippen LogP contribution < -0.4 is 57.1 Å². The van der Waals surface area contributed by atoms with E-state index in [9.17, 15) is 12.9 Å². The van der Waals surface area contributed by atoms with E-state index in [2.05, 4.69) is 0 Å². The van der Waals surface area contributed by atoms with Crippen molar-refractivity contribution < 1.29 is 64.3 Å². The fourth-order valence-corrected chi connectivity index (χ4v) is 2.12. The SMILES string of the molecule is Cc1c(I)cc(CN)cc1C[B-](F)(F)F.[K+]. The predicted octanol–water partition coefficient (Wildman–Crippen LogP) is -0.00858. The normalized spacial score (nSPS) is 11.1. The minimum absolute atomic E-state index is 0. The van der Waals surface area contributed by atoms with Gasteiger partial charge in [-0.15, -0.1) is 0 Å². The van der Waals surface area contributed by atoms with Gasteiger partial charge in [-0.2, -0.15) is 0 Å². The molecule has 0 bridgehead atoms. The van der Waals surface area contributed by atoms with Crippen LogP contribution in [0.1, 0.15) is 16.7 Å². The number of benzene rings is 1. The molecule has 0 aliphatic carbocycles. The Morgan fingerprint density at radius 1 is 1.31 bits per heavy atom. The number of hydrogen-bond acceptors (Lipinski definition) is 1. The standard InChI is InChI=1S/C9H11BF3IN.K/c1-6-8(4-10(11,12)13)2-7(5-15)3-9(6)14;/h2-3H,4-5,15H2,1H3;/q-1;+1. The van der Waals surface area contributed by atoms with Gasteiger partial charge >= 0.3 is 58.4 Å². The molecule has 0 aliphatic heterocycles. The third-order valence-corrected chi connectivity index (χ3v) is 3.32. The largest absolute Gasteiger partial charge is 1.00 e. The quantitative estimate of drug-likeness (QED) is 0.591. The second-order valence-electron chi connectivity index (χ2n) is 3.48. The van der Waals surface area contributed by atoms with E-state index in [4.69, 9.17) is 5.73 Å². The first-order valence-electron chi connectivity index (χ1n) is 4.52. The summed E-state index contributed by atoms with van der Waals surface area (Å²) in [5, 5.41) is 0. The summed E-state index contributed by atoms with van der Waals surface area (Å²) in [5.74, 6) is 0. The maximum absolute atomic E-state index is 12.3. The van der Waals surface area contributed by atoms with Crippen LogP contribution in [0, 0.1) is 10.5 Å². The van der Waals surface area contributed by atoms with Crippen molar-refractivity contribution in [2.24, 2.45) is 5.73 Å². The van der Waals surface area contributed by atoms with Crippen LogP contribution in [0.5, 0.6) is 0 Å². The summed E-state index contributed by atoms with van der Waals surface area (Å²) in [6.07, 6.45) is -0.824. The maximum Gasteiger partial charge on any atom is 1.00 e. The zero-order valence-electron chi connectivity index (χ0n) is 9.24. The van der Waals surface area contributed by atoms with E-state index < -0.39 is 13.3 Å². The van der Waals surface area contributed by atoms with Crippen molar-refractivity contribution in [3.8, 4) is 0 Å². The molecule has 0 radical (unpaired) electrons. The van der Waals surface area contributed by atoms with Crippen molar-refractivity contribution in [2.45, 2.75) is 19.8 Å². The second-order valence-corrected chi connectivity index (χ2v) is 4.64. The first-order valence-corrected chi connectivity index (χ1v) is 5.60. The molecule has 0 aliphatic rings. The third-order valence-electron chi connectivity index (χ3n) is 2.20. The summed E-state index contributed by atoms with van der Waals surface area (Å²) in [4.78, 5) is 0. The van der Waals surface area contributed by atoms with Gasteiger partial charge in [0.2, 0.25) is 0 Å². The number of halogens is 4. The summed E-state index contributed by atoms with van der Waals surface area (Å²) in [5.41, 5.74) is 7.22. The molecule has 16 heavy (non-hydrogen) atoms. The Hall–Kier alpha value is 1.40. The summed E-state index contributed by atoms with van der Waals surface area (Å²) in [6, 6.07) is 3.37. The molecule has 0 amide bonds. The molecule has 1 nitrogen and oxygen atoms in total. The van der Waals surface area contributed by atoms with E-state index in [1.165, 1.54) is 0 Å². The Morgan fingerprint density at radius 3 is 2.31 bits per heavy atom. The van der Waals surface area contributed by atoms with Crippen molar-refractivity contribution >= 4 is 29.6 Å². The minimum atomic E-state index is -4.78. The molecule has 0 unspecified atom stereocenters. The van der Waals surface area contributed by atoms with E-state index in [1.807, 2.05) is 28.7 Å². The minimum Gasteiger partial charge on any atom is -0.449 e. The molecule has 0 spiro atoms. The molecule has 0 fully saturated rings. The van der Waals surface area contributed by atoms with Crippen LogP contribution in [0.2, 0.25) is 0 Å². The number of nitrogens with two attached hydrogens (primary N) is 1. The van der Waals surface area contributed by atoms with Crippen LogP contribution in [-0.4, -0.2) is 6.98 Å². The zero-order valence-corrected chi connectivity index (χ0v) is 14.5. The van der Waals surface area contributed by atoms with Gasteiger partial charge in [0.1, 0.15) is 0 Å². The second kappa shape index (κ2) is 7.10. The van der Waals surface area contributed by atoms with E-state index in [1.54, 1.807) is 13.0 Å². The van der Waals surface area contributed by atoms with Gasteiger partial charge in [-0.05, 0) is 46.7 Å².